The second kappa shape index (κ2) is 5.31. The van der Waals surface area contributed by atoms with Gasteiger partial charge in [-0.1, -0.05) is 38.5 Å². The molecule has 0 atom stereocenters. The molecular weight excluding hydrogens is 198 g/mol. The van der Waals surface area contributed by atoms with Crippen molar-refractivity contribution >= 4 is 5.78 Å². The minimum atomic E-state index is -0.134. The molecule has 92 valence electrons. The molecule has 0 bridgehead atoms. The first-order valence-corrected chi connectivity index (χ1v) is 7.00. The second-order valence-corrected chi connectivity index (χ2v) is 5.80. The number of carbonyl (C=O) groups is 1. The molecule has 0 unspecified atom stereocenters. The van der Waals surface area contributed by atoms with Crippen LogP contribution in [-0.2, 0) is 4.79 Å². The lowest BCUT2D eigenvalue weighted by atomic mass is 9.75. The largest absolute Gasteiger partial charge is 0.329 e. The Bertz CT molecular complexity index is 237. The molecule has 2 aliphatic rings. The summed E-state index contributed by atoms with van der Waals surface area (Å²) in [5.41, 5.74) is 5.78. The third-order valence-corrected chi connectivity index (χ3v) is 4.52. The Hall–Kier alpha value is -0.370. The Morgan fingerprint density at radius 2 is 1.75 bits per heavy atom. The van der Waals surface area contributed by atoms with Crippen LogP contribution in [0.1, 0.15) is 64.2 Å². The zero-order valence-electron chi connectivity index (χ0n) is 10.3. The summed E-state index contributed by atoms with van der Waals surface area (Å²) in [5, 5.41) is 0. The van der Waals surface area contributed by atoms with Crippen LogP contribution in [0, 0.1) is 11.3 Å². The SMILES string of the molecule is NCC1(C(=O)CCC2CC2)CCCCCC1. The van der Waals surface area contributed by atoms with Gasteiger partial charge in [0, 0.05) is 18.4 Å². The Morgan fingerprint density at radius 1 is 1.12 bits per heavy atom. The summed E-state index contributed by atoms with van der Waals surface area (Å²) in [6.07, 6.45) is 11.7. The highest BCUT2D eigenvalue weighted by Gasteiger charge is 2.37. The maximum absolute atomic E-state index is 12.4. The van der Waals surface area contributed by atoms with Gasteiger partial charge in [-0.3, -0.25) is 4.79 Å². The molecule has 0 aromatic carbocycles. The van der Waals surface area contributed by atoms with Gasteiger partial charge in [0.2, 0.25) is 0 Å². The van der Waals surface area contributed by atoms with Gasteiger partial charge >= 0.3 is 0 Å². The van der Waals surface area contributed by atoms with Crippen LogP contribution < -0.4 is 5.73 Å². The topological polar surface area (TPSA) is 43.1 Å². The van der Waals surface area contributed by atoms with Crippen molar-refractivity contribution in [1.82, 2.24) is 0 Å². The van der Waals surface area contributed by atoms with E-state index in [-0.39, 0.29) is 5.41 Å². The van der Waals surface area contributed by atoms with E-state index in [2.05, 4.69) is 0 Å². The summed E-state index contributed by atoms with van der Waals surface area (Å²) in [6, 6.07) is 0. The van der Waals surface area contributed by atoms with E-state index < -0.39 is 0 Å². The fourth-order valence-electron chi connectivity index (χ4n) is 3.01. The number of hydrogen-bond donors (Lipinski definition) is 1. The average Bonchev–Trinajstić information content (AvgIpc) is 3.13. The van der Waals surface area contributed by atoms with Gasteiger partial charge in [0.15, 0.2) is 0 Å². The number of carbonyl (C=O) groups excluding carboxylic acids is 1. The van der Waals surface area contributed by atoms with E-state index in [9.17, 15) is 4.79 Å². The molecule has 0 amide bonds. The number of Topliss-reactive ketones (excluding diaryl/α,β-unsaturated/α-hetero) is 1. The summed E-state index contributed by atoms with van der Waals surface area (Å²) in [5.74, 6) is 1.34. The van der Waals surface area contributed by atoms with E-state index in [0.717, 1.165) is 31.6 Å². The van der Waals surface area contributed by atoms with Crippen LogP contribution in [0.5, 0.6) is 0 Å². The van der Waals surface area contributed by atoms with Crippen LogP contribution in [0.15, 0.2) is 0 Å². The molecule has 2 saturated carbocycles. The van der Waals surface area contributed by atoms with Crippen molar-refractivity contribution in [1.29, 1.82) is 0 Å². The molecule has 2 rings (SSSR count). The minimum absolute atomic E-state index is 0.134. The average molecular weight is 223 g/mol. The highest BCUT2D eigenvalue weighted by molar-refractivity contribution is 5.85. The molecule has 0 heterocycles. The van der Waals surface area contributed by atoms with E-state index in [1.54, 1.807) is 0 Å². The van der Waals surface area contributed by atoms with Crippen LogP contribution >= 0.6 is 0 Å². The normalized spacial score (nSPS) is 25.1. The monoisotopic (exact) mass is 223 g/mol. The predicted octanol–water partition coefficient (Wildman–Crippen LogP) is 3.05. The Labute approximate surface area is 99.0 Å². The highest BCUT2D eigenvalue weighted by Crippen LogP contribution is 2.39. The maximum atomic E-state index is 12.4. The van der Waals surface area contributed by atoms with E-state index >= 15 is 0 Å². The van der Waals surface area contributed by atoms with Gasteiger partial charge in [-0.05, 0) is 25.2 Å². The maximum Gasteiger partial charge on any atom is 0.140 e. The quantitative estimate of drug-likeness (QED) is 0.728. The summed E-state index contributed by atoms with van der Waals surface area (Å²) in [7, 11) is 0. The van der Waals surface area contributed by atoms with Crippen LogP contribution in [0.3, 0.4) is 0 Å². The molecule has 16 heavy (non-hydrogen) atoms. The third kappa shape index (κ3) is 2.85. The van der Waals surface area contributed by atoms with E-state index in [4.69, 9.17) is 5.73 Å². The smallest absolute Gasteiger partial charge is 0.140 e. The van der Waals surface area contributed by atoms with Gasteiger partial charge < -0.3 is 5.73 Å². The number of nitrogens with two attached hydrogens (primary N) is 1. The summed E-state index contributed by atoms with van der Waals surface area (Å²) >= 11 is 0. The minimum Gasteiger partial charge on any atom is -0.329 e. The lowest BCUT2D eigenvalue weighted by Gasteiger charge is -2.29. The van der Waals surface area contributed by atoms with Gasteiger partial charge in [-0.15, -0.1) is 0 Å². The van der Waals surface area contributed by atoms with Crippen LogP contribution in [0.2, 0.25) is 0 Å². The van der Waals surface area contributed by atoms with Crippen molar-refractivity contribution < 1.29 is 4.79 Å². The van der Waals surface area contributed by atoms with E-state index in [1.807, 2.05) is 0 Å². The third-order valence-electron chi connectivity index (χ3n) is 4.52. The number of hydrogen-bond acceptors (Lipinski definition) is 2. The lowest BCUT2D eigenvalue weighted by Crippen LogP contribution is -2.38. The molecule has 0 radical (unpaired) electrons. The fraction of sp³-hybridized carbons (Fsp3) is 0.929. The van der Waals surface area contributed by atoms with Gasteiger partial charge in [0.05, 0.1) is 0 Å². The molecule has 2 nitrogen and oxygen atoms in total. The summed E-state index contributed by atoms with van der Waals surface area (Å²) in [6.45, 7) is 0.580. The first kappa shape index (κ1) is 12.1. The second-order valence-electron chi connectivity index (χ2n) is 5.80. The Kier molecular flexibility index (Phi) is 4.01. The van der Waals surface area contributed by atoms with Crippen molar-refractivity contribution in [3.05, 3.63) is 0 Å². The van der Waals surface area contributed by atoms with Crippen LogP contribution in [0.4, 0.5) is 0 Å². The Balaban J connectivity index is 1.90. The zero-order chi connectivity index (χ0) is 11.4. The molecule has 2 heteroatoms. The highest BCUT2D eigenvalue weighted by atomic mass is 16.1. The summed E-state index contributed by atoms with van der Waals surface area (Å²) in [4.78, 5) is 12.4. The van der Waals surface area contributed by atoms with Crippen molar-refractivity contribution in [2.75, 3.05) is 6.54 Å². The van der Waals surface area contributed by atoms with Gasteiger partial charge in [-0.2, -0.15) is 0 Å². The molecule has 0 aliphatic heterocycles. The molecule has 0 spiro atoms. The van der Waals surface area contributed by atoms with Gasteiger partial charge in [-0.25, -0.2) is 0 Å². The Morgan fingerprint density at radius 3 is 2.25 bits per heavy atom. The van der Waals surface area contributed by atoms with Crippen LogP contribution in [0.25, 0.3) is 0 Å². The first-order valence-electron chi connectivity index (χ1n) is 7.00. The van der Waals surface area contributed by atoms with E-state index in [1.165, 1.54) is 38.5 Å². The summed E-state index contributed by atoms with van der Waals surface area (Å²) < 4.78 is 0. The fourth-order valence-corrected chi connectivity index (χ4v) is 3.01. The molecule has 0 aromatic rings. The van der Waals surface area contributed by atoms with Crippen molar-refractivity contribution in [2.24, 2.45) is 17.1 Å². The molecular formula is C14H25NO. The lowest BCUT2D eigenvalue weighted by molar-refractivity contribution is -0.129. The molecule has 2 N–H and O–H groups in total. The standard InChI is InChI=1S/C14H25NO/c15-11-14(9-3-1-2-4-10-14)13(16)8-7-12-5-6-12/h12H,1-11,15H2. The first-order chi connectivity index (χ1) is 7.77. The van der Waals surface area contributed by atoms with Crippen molar-refractivity contribution in [3.63, 3.8) is 0 Å². The predicted molar refractivity (Wildman–Crippen MR) is 66.2 cm³/mol. The van der Waals surface area contributed by atoms with Crippen molar-refractivity contribution in [3.8, 4) is 0 Å². The number of ketones is 1. The van der Waals surface area contributed by atoms with Gasteiger partial charge in [0.1, 0.15) is 5.78 Å². The molecule has 0 aromatic heterocycles. The molecule has 0 saturated heterocycles. The van der Waals surface area contributed by atoms with Gasteiger partial charge in [0.25, 0.3) is 0 Å². The van der Waals surface area contributed by atoms with Crippen LogP contribution in [-0.4, -0.2) is 12.3 Å². The molecule has 2 aliphatic carbocycles. The van der Waals surface area contributed by atoms with Crippen molar-refractivity contribution in [2.45, 2.75) is 64.2 Å². The zero-order valence-corrected chi connectivity index (χ0v) is 10.3. The molecule has 2 fully saturated rings. The van der Waals surface area contributed by atoms with E-state index in [0.29, 0.717) is 12.3 Å². The number of rotatable bonds is 5.